The topological polar surface area (TPSA) is 184 Å². The molecule has 12 nitrogen and oxygen atoms in total. The van der Waals surface area contributed by atoms with Gasteiger partial charge in [-0.15, -0.1) is 0 Å². The maximum atomic E-state index is 12.4. The van der Waals surface area contributed by atoms with Gasteiger partial charge in [0, 0.05) is 12.1 Å². The number of aromatic nitrogens is 4. The minimum Gasteiger partial charge on any atom is -0.423 e. The second-order valence-electron chi connectivity index (χ2n) is 5.69. The van der Waals surface area contributed by atoms with Crippen molar-refractivity contribution in [2.45, 2.75) is 5.92 Å². The van der Waals surface area contributed by atoms with Gasteiger partial charge < -0.3 is 4.74 Å². The molecule has 12 heteroatoms. The summed E-state index contributed by atoms with van der Waals surface area (Å²) in [6.45, 7) is 0. The van der Waals surface area contributed by atoms with Crippen molar-refractivity contribution in [1.82, 2.24) is 19.9 Å². The quantitative estimate of drug-likeness (QED) is 0.273. The summed E-state index contributed by atoms with van der Waals surface area (Å²) in [5, 5.41) is 10.9. The zero-order valence-corrected chi connectivity index (χ0v) is 13.2. The number of nitrogens with one attached hydrogen (secondary N) is 4. The highest BCUT2D eigenvalue weighted by Crippen LogP contribution is 2.41. The van der Waals surface area contributed by atoms with Crippen LogP contribution in [0, 0.1) is 10.1 Å². The molecule has 0 unspecified atom stereocenters. The summed E-state index contributed by atoms with van der Waals surface area (Å²) in [7, 11) is 0. The lowest BCUT2D eigenvalue weighted by Gasteiger charge is -2.25. The van der Waals surface area contributed by atoms with Crippen LogP contribution in [0.1, 0.15) is 22.6 Å². The van der Waals surface area contributed by atoms with Gasteiger partial charge in [0.1, 0.15) is 0 Å². The summed E-state index contributed by atoms with van der Waals surface area (Å²) in [4.78, 5) is 66.9. The molecule has 4 N–H and O–H groups in total. The molecule has 1 aliphatic heterocycles. The van der Waals surface area contributed by atoms with Crippen LogP contribution in [-0.2, 0) is 0 Å². The highest BCUT2D eigenvalue weighted by atomic mass is 16.6. The first-order valence-electron chi connectivity index (χ1n) is 7.50. The fourth-order valence-electron chi connectivity index (χ4n) is 3.00. The predicted octanol–water partition coefficient (Wildman–Crippen LogP) is -0.366. The number of aromatic amines is 4. The third-order valence-electron chi connectivity index (χ3n) is 4.11. The number of hydrogen-bond donors (Lipinski definition) is 4. The van der Waals surface area contributed by atoms with E-state index in [9.17, 15) is 29.3 Å². The third kappa shape index (κ3) is 2.55. The van der Waals surface area contributed by atoms with E-state index in [0.717, 1.165) is 0 Å². The highest BCUT2D eigenvalue weighted by molar-refractivity contribution is 5.53. The van der Waals surface area contributed by atoms with Gasteiger partial charge in [-0.2, -0.15) is 0 Å². The van der Waals surface area contributed by atoms with E-state index in [0.29, 0.717) is 5.56 Å². The Balaban J connectivity index is 2.05. The monoisotopic (exact) mass is 371 g/mol. The minimum atomic E-state index is -1.04. The summed E-state index contributed by atoms with van der Waals surface area (Å²) >= 11 is 0. The molecule has 3 aromatic rings. The molecule has 136 valence electrons. The van der Waals surface area contributed by atoms with Gasteiger partial charge in [-0.05, 0) is 5.56 Å². The Morgan fingerprint density at radius 3 is 1.74 bits per heavy atom. The standard InChI is InChI=1S/C15H9N5O7/c21-10-8-7(5-1-3-6(4-2-5)20(25)26)9-11(22)17-15(24)19-13(9)27-12(8)18-14(23)16-10/h1-4,7H,(H2,16,18,21,23)(H2,17,19,22,24). The molecule has 3 heterocycles. The van der Waals surface area contributed by atoms with Crippen molar-refractivity contribution >= 4 is 5.69 Å². The summed E-state index contributed by atoms with van der Waals surface area (Å²) < 4.78 is 5.36. The molecule has 0 aliphatic carbocycles. The number of ether oxygens (including phenoxy) is 1. The van der Waals surface area contributed by atoms with Crippen LogP contribution < -0.4 is 27.2 Å². The number of rotatable bonds is 2. The van der Waals surface area contributed by atoms with Crippen molar-refractivity contribution in [3.05, 3.63) is 92.7 Å². The number of benzene rings is 1. The van der Waals surface area contributed by atoms with Crippen molar-refractivity contribution in [2.75, 3.05) is 0 Å². The zero-order chi connectivity index (χ0) is 19.3. The van der Waals surface area contributed by atoms with Crippen LogP contribution in [0.3, 0.4) is 0 Å². The van der Waals surface area contributed by atoms with Gasteiger partial charge in [-0.3, -0.25) is 39.6 Å². The maximum Gasteiger partial charge on any atom is 0.328 e. The Labute approximate surface area is 146 Å². The predicted molar refractivity (Wildman–Crippen MR) is 89.5 cm³/mol. The van der Waals surface area contributed by atoms with E-state index < -0.39 is 33.3 Å². The first-order chi connectivity index (χ1) is 12.8. The molecule has 0 atom stereocenters. The first kappa shape index (κ1) is 16.3. The molecule has 0 bridgehead atoms. The number of hydrogen-bond acceptors (Lipinski definition) is 7. The molecule has 0 amide bonds. The lowest BCUT2D eigenvalue weighted by Crippen LogP contribution is -2.36. The molecule has 4 rings (SSSR count). The maximum absolute atomic E-state index is 12.4. The average molecular weight is 371 g/mol. The Hall–Kier alpha value is -4.22. The second-order valence-corrected chi connectivity index (χ2v) is 5.69. The van der Waals surface area contributed by atoms with Crippen molar-refractivity contribution in [1.29, 1.82) is 0 Å². The normalized spacial score (nSPS) is 12.7. The van der Waals surface area contributed by atoms with Crippen LogP contribution in [0.25, 0.3) is 0 Å². The van der Waals surface area contributed by atoms with Gasteiger partial charge in [0.25, 0.3) is 16.8 Å². The largest absolute Gasteiger partial charge is 0.423 e. The van der Waals surface area contributed by atoms with E-state index in [1.165, 1.54) is 24.3 Å². The molecule has 0 saturated heterocycles. The van der Waals surface area contributed by atoms with Crippen LogP contribution in [0.5, 0.6) is 11.8 Å². The summed E-state index contributed by atoms with van der Waals surface area (Å²) in [6.07, 6.45) is 0. The van der Waals surface area contributed by atoms with Crippen LogP contribution in [0.4, 0.5) is 5.69 Å². The molecular weight excluding hydrogens is 362 g/mol. The van der Waals surface area contributed by atoms with E-state index in [4.69, 9.17) is 4.74 Å². The van der Waals surface area contributed by atoms with Crippen molar-refractivity contribution in [3.63, 3.8) is 0 Å². The summed E-state index contributed by atoms with van der Waals surface area (Å²) in [5.41, 5.74) is -3.25. The molecule has 1 aromatic carbocycles. The fourth-order valence-corrected chi connectivity index (χ4v) is 3.00. The molecule has 2 aromatic heterocycles. The summed E-state index contributed by atoms with van der Waals surface area (Å²) in [6, 6.07) is 5.17. The lowest BCUT2D eigenvalue weighted by molar-refractivity contribution is -0.384. The molecule has 0 fully saturated rings. The Kier molecular flexibility index (Phi) is 3.41. The number of non-ortho nitro benzene ring substituents is 1. The van der Waals surface area contributed by atoms with Gasteiger partial charge in [-0.25, -0.2) is 9.59 Å². The first-order valence-corrected chi connectivity index (χ1v) is 7.50. The molecule has 0 radical (unpaired) electrons. The van der Waals surface area contributed by atoms with E-state index in [-0.39, 0.29) is 28.6 Å². The fraction of sp³-hybridized carbons (Fsp3) is 0.0667. The van der Waals surface area contributed by atoms with Crippen LogP contribution >= 0.6 is 0 Å². The number of H-pyrrole nitrogens is 4. The number of fused-ring (bicyclic) bond motifs is 2. The van der Waals surface area contributed by atoms with E-state index in [2.05, 4.69) is 19.9 Å². The zero-order valence-electron chi connectivity index (χ0n) is 13.2. The minimum absolute atomic E-state index is 0.0755. The number of nitro benzene ring substituents is 1. The Morgan fingerprint density at radius 1 is 0.815 bits per heavy atom. The molecule has 27 heavy (non-hydrogen) atoms. The SMILES string of the molecule is O=c1[nH]c2c(c(=O)[nH]1)C(c1ccc([N+](=O)[O-])cc1)c1c([nH]c(=O)[nH]c1=O)O2. The van der Waals surface area contributed by atoms with Gasteiger partial charge in [-0.1, -0.05) is 12.1 Å². The second kappa shape index (κ2) is 5.66. The van der Waals surface area contributed by atoms with Crippen molar-refractivity contribution in [3.8, 4) is 11.8 Å². The lowest BCUT2D eigenvalue weighted by atomic mass is 9.85. The molecular formula is C15H9N5O7. The van der Waals surface area contributed by atoms with Crippen LogP contribution in [-0.4, -0.2) is 24.9 Å². The third-order valence-corrected chi connectivity index (χ3v) is 4.11. The highest BCUT2D eigenvalue weighted by Gasteiger charge is 2.35. The molecule has 0 saturated carbocycles. The number of nitrogens with zero attached hydrogens (tertiary/aromatic N) is 1. The Bertz CT molecular complexity index is 1240. The van der Waals surface area contributed by atoms with Gasteiger partial charge in [0.05, 0.1) is 22.0 Å². The summed E-state index contributed by atoms with van der Waals surface area (Å²) in [5.74, 6) is -1.51. The Morgan fingerprint density at radius 2 is 1.30 bits per heavy atom. The van der Waals surface area contributed by atoms with Gasteiger partial charge >= 0.3 is 11.4 Å². The molecule has 1 aliphatic rings. The van der Waals surface area contributed by atoms with E-state index in [1.54, 1.807) is 0 Å². The van der Waals surface area contributed by atoms with E-state index in [1.807, 2.05) is 0 Å². The van der Waals surface area contributed by atoms with Gasteiger partial charge in [0.2, 0.25) is 11.8 Å². The number of nitro groups is 1. The van der Waals surface area contributed by atoms with Crippen molar-refractivity contribution < 1.29 is 9.66 Å². The van der Waals surface area contributed by atoms with E-state index >= 15 is 0 Å². The molecule has 0 spiro atoms. The smallest absolute Gasteiger partial charge is 0.328 e. The average Bonchev–Trinajstić information content (AvgIpc) is 2.59. The van der Waals surface area contributed by atoms with Crippen molar-refractivity contribution in [2.24, 2.45) is 0 Å². The van der Waals surface area contributed by atoms with Gasteiger partial charge in [0.15, 0.2) is 0 Å². The van der Waals surface area contributed by atoms with Crippen LogP contribution in [0.2, 0.25) is 0 Å². The van der Waals surface area contributed by atoms with Crippen LogP contribution in [0.15, 0.2) is 43.4 Å².